The van der Waals surface area contributed by atoms with Gasteiger partial charge in [0.05, 0.1) is 0 Å². The fraction of sp³-hybridized carbons (Fsp3) is 0.733. The molecule has 1 aliphatic heterocycles. The topological polar surface area (TPSA) is 29.0 Å². The Hall–Kier alpha value is -1.12. The maximum atomic E-state index is 4.70. The summed E-state index contributed by atoms with van der Waals surface area (Å²) in [6, 6.07) is 0. The summed E-state index contributed by atoms with van der Waals surface area (Å²) in [4.78, 5) is 11.7. The van der Waals surface area contributed by atoms with Crippen LogP contribution in [0, 0.1) is 32.6 Å². The van der Waals surface area contributed by atoms with E-state index in [1.807, 2.05) is 6.92 Å². The van der Waals surface area contributed by atoms with Gasteiger partial charge in [0.1, 0.15) is 11.6 Å². The summed E-state index contributed by atoms with van der Waals surface area (Å²) in [6.07, 6.45) is 5.70. The first-order valence-corrected chi connectivity index (χ1v) is 7.20. The van der Waals surface area contributed by atoms with Crippen LogP contribution in [-0.2, 0) is 0 Å². The Balaban J connectivity index is 1.90. The van der Waals surface area contributed by atoms with E-state index in [2.05, 4.69) is 23.7 Å². The lowest BCUT2D eigenvalue weighted by atomic mass is 9.78. The van der Waals surface area contributed by atoms with Gasteiger partial charge in [0.25, 0.3) is 0 Å². The molecule has 3 rings (SSSR count). The van der Waals surface area contributed by atoms with Crippen LogP contribution in [0.1, 0.15) is 42.8 Å². The van der Waals surface area contributed by atoms with Gasteiger partial charge in [-0.05, 0) is 51.9 Å². The van der Waals surface area contributed by atoms with E-state index in [-0.39, 0.29) is 0 Å². The van der Waals surface area contributed by atoms with Crippen LogP contribution < -0.4 is 4.90 Å². The van der Waals surface area contributed by atoms with Crippen molar-refractivity contribution in [3.8, 4) is 0 Å². The van der Waals surface area contributed by atoms with E-state index in [1.165, 1.54) is 50.2 Å². The van der Waals surface area contributed by atoms with Crippen LogP contribution in [0.2, 0.25) is 0 Å². The number of hydrogen-bond donors (Lipinski definition) is 0. The van der Waals surface area contributed by atoms with Crippen molar-refractivity contribution in [3.05, 3.63) is 17.1 Å². The van der Waals surface area contributed by atoms with Crippen LogP contribution in [-0.4, -0.2) is 23.1 Å². The van der Waals surface area contributed by atoms with Crippen LogP contribution >= 0.6 is 0 Å². The van der Waals surface area contributed by atoms with Crippen LogP contribution in [0.25, 0.3) is 0 Å². The maximum absolute atomic E-state index is 4.70. The van der Waals surface area contributed by atoms with Crippen LogP contribution in [0.3, 0.4) is 0 Å². The average Bonchev–Trinajstić information content (AvgIpc) is 2.33. The summed E-state index contributed by atoms with van der Waals surface area (Å²) < 4.78 is 0. The molecule has 0 unspecified atom stereocenters. The number of fused-ring (bicyclic) bond motifs is 2. The molecule has 2 fully saturated rings. The molecule has 1 aromatic heterocycles. The summed E-state index contributed by atoms with van der Waals surface area (Å²) in [6.45, 7) is 8.66. The van der Waals surface area contributed by atoms with Gasteiger partial charge in [0.15, 0.2) is 0 Å². The van der Waals surface area contributed by atoms with Crippen molar-refractivity contribution in [2.24, 2.45) is 11.8 Å². The predicted octanol–water partition coefficient (Wildman–Crippen LogP) is 3.03. The third-order valence-electron chi connectivity index (χ3n) is 4.62. The van der Waals surface area contributed by atoms with Gasteiger partial charge in [-0.3, -0.25) is 0 Å². The first-order valence-electron chi connectivity index (χ1n) is 7.20. The molecule has 0 amide bonds. The summed E-state index contributed by atoms with van der Waals surface area (Å²) in [5.74, 6) is 3.89. The fourth-order valence-corrected chi connectivity index (χ4v) is 3.66. The highest BCUT2D eigenvalue weighted by Crippen LogP contribution is 2.36. The molecular weight excluding hydrogens is 222 g/mol. The first-order chi connectivity index (χ1) is 8.63. The second-order valence-corrected chi connectivity index (χ2v) is 6.11. The third kappa shape index (κ3) is 2.11. The number of piperidine rings is 1. The van der Waals surface area contributed by atoms with E-state index in [0.717, 1.165) is 23.4 Å². The lowest BCUT2D eigenvalue weighted by Crippen LogP contribution is -2.43. The Morgan fingerprint density at radius 1 is 1.00 bits per heavy atom. The second-order valence-electron chi connectivity index (χ2n) is 6.11. The van der Waals surface area contributed by atoms with Crippen molar-refractivity contribution in [1.29, 1.82) is 0 Å². The van der Waals surface area contributed by atoms with Gasteiger partial charge in [-0.1, -0.05) is 6.42 Å². The first kappa shape index (κ1) is 11.9. The van der Waals surface area contributed by atoms with Crippen LogP contribution in [0.5, 0.6) is 0 Å². The molecule has 0 N–H and O–H groups in total. The third-order valence-corrected chi connectivity index (χ3v) is 4.62. The molecule has 0 spiro atoms. The minimum Gasteiger partial charge on any atom is -0.356 e. The number of aromatic nitrogens is 2. The van der Waals surface area contributed by atoms with E-state index >= 15 is 0 Å². The fourth-order valence-electron chi connectivity index (χ4n) is 3.66. The Kier molecular flexibility index (Phi) is 3.00. The average molecular weight is 245 g/mol. The molecular formula is C15H23N3. The van der Waals surface area contributed by atoms with Crippen LogP contribution in [0.15, 0.2) is 0 Å². The summed E-state index contributed by atoms with van der Waals surface area (Å²) >= 11 is 0. The lowest BCUT2D eigenvalue weighted by Gasteiger charge is -2.42. The number of hydrogen-bond acceptors (Lipinski definition) is 3. The lowest BCUT2D eigenvalue weighted by molar-refractivity contribution is 0.230. The van der Waals surface area contributed by atoms with Crippen molar-refractivity contribution >= 4 is 5.82 Å². The zero-order chi connectivity index (χ0) is 12.7. The molecule has 0 radical (unpaired) electrons. The van der Waals surface area contributed by atoms with Crippen molar-refractivity contribution < 1.29 is 0 Å². The highest BCUT2D eigenvalue weighted by Gasteiger charge is 2.31. The summed E-state index contributed by atoms with van der Waals surface area (Å²) in [7, 11) is 0. The minimum absolute atomic E-state index is 0.896. The largest absolute Gasteiger partial charge is 0.356 e. The number of nitrogens with zero attached hydrogens (tertiary/aromatic N) is 3. The van der Waals surface area contributed by atoms with Crippen molar-refractivity contribution in [3.63, 3.8) is 0 Å². The zero-order valence-electron chi connectivity index (χ0n) is 11.7. The maximum Gasteiger partial charge on any atom is 0.135 e. The monoisotopic (exact) mass is 245 g/mol. The van der Waals surface area contributed by atoms with Crippen molar-refractivity contribution in [2.75, 3.05) is 18.0 Å². The molecule has 3 heteroatoms. The Morgan fingerprint density at radius 2 is 1.67 bits per heavy atom. The standard InChI is InChI=1S/C15H23N3/c1-10-11(2)16-12(3)17-15(10)18-8-13-5-4-6-14(7-13)9-18/h13-14H,4-9H2,1-3H3/t13-,14-/m1/s1. The summed E-state index contributed by atoms with van der Waals surface area (Å²) in [5, 5.41) is 0. The number of rotatable bonds is 1. The molecule has 2 atom stereocenters. The predicted molar refractivity (Wildman–Crippen MR) is 73.9 cm³/mol. The van der Waals surface area contributed by atoms with Gasteiger partial charge >= 0.3 is 0 Å². The summed E-state index contributed by atoms with van der Waals surface area (Å²) in [5.41, 5.74) is 2.40. The SMILES string of the molecule is Cc1nc(C)c(C)c(N2C[C@@H]3CCC[C@H](C3)C2)n1. The molecule has 1 aliphatic carbocycles. The highest BCUT2D eigenvalue weighted by atomic mass is 15.2. The van der Waals surface area contributed by atoms with Crippen LogP contribution in [0.4, 0.5) is 5.82 Å². The quantitative estimate of drug-likeness (QED) is 0.761. The molecule has 2 aliphatic rings. The van der Waals surface area contributed by atoms with E-state index in [0.29, 0.717) is 0 Å². The highest BCUT2D eigenvalue weighted by molar-refractivity contribution is 5.48. The van der Waals surface area contributed by atoms with Crippen molar-refractivity contribution in [1.82, 2.24) is 9.97 Å². The zero-order valence-corrected chi connectivity index (χ0v) is 11.7. The molecule has 1 saturated heterocycles. The van der Waals surface area contributed by atoms with Gasteiger partial charge in [-0.25, -0.2) is 9.97 Å². The van der Waals surface area contributed by atoms with E-state index < -0.39 is 0 Å². The molecule has 2 bridgehead atoms. The van der Waals surface area contributed by atoms with Gasteiger partial charge < -0.3 is 4.90 Å². The van der Waals surface area contributed by atoms with Gasteiger partial charge in [0, 0.05) is 24.3 Å². The Morgan fingerprint density at radius 3 is 2.33 bits per heavy atom. The number of anilines is 1. The molecule has 18 heavy (non-hydrogen) atoms. The second kappa shape index (κ2) is 4.52. The number of aryl methyl sites for hydroxylation is 2. The Labute approximate surface area is 110 Å². The van der Waals surface area contributed by atoms with E-state index in [1.54, 1.807) is 0 Å². The molecule has 98 valence electrons. The van der Waals surface area contributed by atoms with Crippen molar-refractivity contribution in [2.45, 2.75) is 46.5 Å². The smallest absolute Gasteiger partial charge is 0.135 e. The van der Waals surface area contributed by atoms with Gasteiger partial charge in [-0.15, -0.1) is 0 Å². The van der Waals surface area contributed by atoms with E-state index in [4.69, 9.17) is 4.98 Å². The molecule has 1 saturated carbocycles. The molecule has 1 aromatic rings. The normalized spacial score (nSPS) is 27.4. The van der Waals surface area contributed by atoms with Gasteiger partial charge in [0.2, 0.25) is 0 Å². The van der Waals surface area contributed by atoms with E-state index in [9.17, 15) is 0 Å². The van der Waals surface area contributed by atoms with Gasteiger partial charge in [-0.2, -0.15) is 0 Å². The molecule has 3 nitrogen and oxygen atoms in total. The molecule has 0 aromatic carbocycles. The minimum atomic E-state index is 0.896. The Bertz CT molecular complexity index is 443. The molecule has 2 heterocycles.